The molecule has 0 aliphatic rings. The fourth-order valence-electron chi connectivity index (χ4n) is 1.38. The Morgan fingerprint density at radius 1 is 1.59 bits per heavy atom. The van der Waals surface area contributed by atoms with E-state index in [0.717, 1.165) is 6.42 Å². The predicted octanol–water partition coefficient (Wildman–Crippen LogP) is 0.690. The van der Waals surface area contributed by atoms with Crippen molar-refractivity contribution in [3.63, 3.8) is 0 Å². The van der Waals surface area contributed by atoms with Crippen LogP contribution in [0.2, 0.25) is 0 Å². The van der Waals surface area contributed by atoms with E-state index in [1.165, 1.54) is 0 Å². The number of nitrogens with two attached hydrogens (primary N) is 1. The lowest BCUT2D eigenvalue weighted by Crippen LogP contribution is -2.51. The summed E-state index contributed by atoms with van der Waals surface area (Å²) in [5.41, 5.74) is 4.57. The van der Waals surface area contributed by atoms with Gasteiger partial charge < -0.3 is 21.0 Å². The Hall–Kier alpha value is -1.30. The summed E-state index contributed by atoms with van der Waals surface area (Å²) in [5.74, 6) is -0.330. The van der Waals surface area contributed by atoms with Crippen LogP contribution in [-0.4, -0.2) is 36.7 Å². The summed E-state index contributed by atoms with van der Waals surface area (Å²) in [5, 5.41) is 14.5. The Morgan fingerprint density at radius 3 is 2.53 bits per heavy atom. The Bertz CT molecular complexity index is 281. The van der Waals surface area contributed by atoms with Gasteiger partial charge in [-0.05, 0) is 19.8 Å². The van der Waals surface area contributed by atoms with E-state index in [4.69, 9.17) is 15.7 Å². The third-order valence-corrected chi connectivity index (χ3v) is 3.08. The molecule has 4 N–H and O–H groups in total. The van der Waals surface area contributed by atoms with Gasteiger partial charge in [0.25, 0.3) is 0 Å². The van der Waals surface area contributed by atoms with Gasteiger partial charge in [-0.1, -0.05) is 19.0 Å². The minimum absolute atomic E-state index is 0.0649. The van der Waals surface area contributed by atoms with Crippen LogP contribution in [-0.2, 0) is 9.53 Å². The molecule has 100 valence electrons. The molecular formula is C11H23N3O3. The Labute approximate surface area is 102 Å². The maximum Gasteiger partial charge on any atom is 0.233 e. The molecule has 0 spiro atoms. The highest BCUT2D eigenvalue weighted by Crippen LogP contribution is 2.21. The smallest absolute Gasteiger partial charge is 0.233 e. The van der Waals surface area contributed by atoms with Crippen molar-refractivity contribution in [3.8, 4) is 0 Å². The number of hydrogen-bond donors (Lipinski definition) is 3. The minimum Gasteiger partial charge on any atom is -0.409 e. The van der Waals surface area contributed by atoms with Crippen LogP contribution in [0.1, 0.15) is 33.6 Å². The number of amidine groups is 1. The minimum atomic E-state index is -0.990. The van der Waals surface area contributed by atoms with Gasteiger partial charge in [-0.25, -0.2) is 0 Å². The molecule has 6 heteroatoms. The fourth-order valence-corrected chi connectivity index (χ4v) is 1.38. The second-order valence-corrected chi connectivity index (χ2v) is 4.20. The lowest BCUT2D eigenvalue weighted by Gasteiger charge is -2.28. The average molecular weight is 245 g/mol. The number of carbonyl (C=O) groups is 1. The van der Waals surface area contributed by atoms with Crippen molar-refractivity contribution in [2.45, 2.75) is 39.7 Å². The van der Waals surface area contributed by atoms with E-state index in [2.05, 4.69) is 10.5 Å². The molecule has 0 aromatic rings. The van der Waals surface area contributed by atoms with E-state index in [1.807, 2.05) is 13.8 Å². The number of oxime groups is 1. The Balaban J connectivity index is 4.76. The first-order valence-corrected chi connectivity index (χ1v) is 5.74. The van der Waals surface area contributed by atoms with Crippen LogP contribution in [0.5, 0.6) is 0 Å². The largest absolute Gasteiger partial charge is 0.409 e. The summed E-state index contributed by atoms with van der Waals surface area (Å²) in [6, 6.07) is -0.0649. The van der Waals surface area contributed by atoms with Gasteiger partial charge in [-0.3, -0.25) is 4.79 Å². The predicted molar refractivity (Wildman–Crippen MR) is 65.9 cm³/mol. The Morgan fingerprint density at radius 2 is 2.18 bits per heavy atom. The van der Waals surface area contributed by atoms with Gasteiger partial charge in [0.2, 0.25) is 5.91 Å². The van der Waals surface area contributed by atoms with E-state index in [9.17, 15) is 4.79 Å². The maximum atomic E-state index is 12.1. The first-order chi connectivity index (χ1) is 7.96. The van der Waals surface area contributed by atoms with Gasteiger partial charge >= 0.3 is 0 Å². The molecule has 1 amide bonds. The van der Waals surface area contributed by atoms with Gasteiger partial charge in [-0.2, -0.15) is 0 Å². The van der Waals surface area contributed by atoms with Crippen molar-refractivity contribution in [2.24, 2.45) is 16.3 Å². The van der Waals surface area contributed by atoms with Crippen LogP contribution >= 0.6 is 0 Å². The SMILES string of the molecule is CCC(COC)NC(=O)C(C)(CC)C(N)=NO. The zero-order valence-corrected chi connectivity index (χ0v) is 11.0. The highest BCUT2D eigenvalue weighted by Gasteiger charge is 2.37. The summed E-state index contributed by atoms with van der Waals surface area (Å²) in [6.07, 6.45) is 1.22. The standard InChI is InChI=1S/C11H23N3O3/c1-5-8(7-17-4)13-10(15)11(3,6-2)9(12)14-16/h8,16H,5-7H2,1-4H3,(H2,12,14)(H,13,15). The molecule has 17 heavy (non-hydrogen) atoms. The molecular weight excluding hydrogens is 222 g/mol. The quantitative estimate of drug-likeness (QED) is 0.266. The number of methoxy groups -OCH3 is 1. The second-order valence-electron chi connectivity index (χ2n) is 4.20. The topological polar surface area (TPSA) is 96.9 Å². The van der Waals surface area contributed by atoms with Gasteiger partial charge in [-0.15, -0.1) is 0 Å². The van der Waals surface area contributed by atoms with Crippen molar-refractivity contribution >= 4 is 11.7 Å². The number of ether oxygens (including phenoxy) is 1. The number of amides is 1. The highest BCUT2D eigenvalue weighted by atomic mass is 16.5. The van der Waals surface area contributed by atoms with E-state index >= 15 is 0 Å². The molecule has 0 aromatic heterocycles. The molecule has 0 aromatic carbocycles. The Kier molecular flexibility index (Phi) is 6.57. The van der Waals surface area contributed by atoms with Crippen molar-refractivity contribution in [3.05, 3.63) is 0 Å². The summed E-state index contributed by atoms with van der Waals surface area (Å²) < 4.78 is 5.00. The third kappa shape index (κ3) is 3.89. The maximum absolute atomic E-state index is 12.1. The summed E-state index contributed by atoms with van der Waals surface area (Å²) in [7, 11) is 1.58. The highest BCUT2D eigenvalue weighted by molar-refractivity contribution is 6.06. The molecule has 0 rings (SSSR count). The van der Waals surface area contributed by atoms with Crippen molar-refractivity contribution in [2.75, 3.05) is 13.7 Å². The molecule has 0 aliphatic heterocycles. The fraction of sp³-hybridized carbons (Fsp3) is 0.818. The first kappa shape index (κ1) is 15.7. The van der Waals surface area contributed by atoms with Gasteiger partial charge in [0.15, 0.2) is 5.84 Å². The molecule has 2 atom stereocenters. The van der Waals surface area contributed by atoms with Crippen molar-refractivity contribution < 1.29 is 14.7 Å². The number of hydrogen-bond acceptors (Lipinski definition) is 4. The number of carbonyl (C=O) groups excluding carboxylic acids is 1. The summed E-state index contributed by atoms with van der Waals surface area (Å²) >= 11 is 0. The molecule has 2 unspecified atom stereocenters. The number of nitrogens with one attached hydrogen (secondary N) is 1. The lowest BCUT2D eigenvalue weighted by atomic mass is 9.85. The summed E-state index contributed by atoms with van der Waals surface area (Å²) in [6.45, 7) is 5.86. The van der Waals surface area contributed by atoms with Crippen molar-refractivity contribution in [1.29, 1.82) is 0 Å². The van der Waals surface area contributed by atoms with Crippen LogP contribution in [0.15, 0.2) is 5.16 Å². The molecule has 6 nitrogen and oxygen atoms in total. The van der Waals surface area contributed by atoms with E-state index in [0.29, 0.717) is 13.0 Å². The molecule has 0 radical (unpaired) electrons. The first-order valence-electron chi connectivity index (χ1n) is 5.74. The van der Waals surface area contributed by atoms with E-state index in [-0.39, 0.29) is 17.8 Å². The van der Waals surface area contributed by atoms with Crippen LogP contribution in [0.3, 0.4) is 0 Å². The average Bonchev–Trinajstić information content (AvgIpc) is 2.35. The molecule has 0 aliphatic carbocycles. The normalized spacial score (nSPS) is 17.3. The van der Waals surface area contributed by atoms with Crippen LogP contribution in [0, 0.1) is 5.41 Å². The molecule has 0 bridgehead atoms. The number of nitrogens with zero attached hydrogens (tertiary/aromatic N) is 1. The zero-order valence-electron chi connectivity index (χ0n) is 11.0. The third-order valence-electron chi connectivity index (χ3n) is 3.08. The molecule has 0 heterocycles. The monoisotopic (exact) mass is 245 g/mol. The van der Waals surface area contributed by atoms with Crippen molar-refractivity contribution in [1.82, 2.24) is 5.32 Å². The lowest BCUT2D eigenvalue weighted by molar-refractivity contribution is -0.128. The van der Waals surface area contributed by atoms with Gasteiger partial charge in [0, 0.05) is 7.11 Å². The molecule has 0 fully saturated rings. The van der Waals surface area contributed by atoms with E-state index < -0.39 is 5.41 Å². The molecule has 0 saturated heterocycles. The van der Waals surface area contributed by atoms with Gasteiger partial charge in [0.05, 0.1) is 12.6 Å². The van der Waals surface area contributed by atoms with Gasteiger partial charge in [0.1, 0.15) is 5.41 Å². The molecule has 0 saturated carbocycles. The second kappa shape index (κ2) is 7.11. The number of rotatable bonds is 7. The van der Waals surface area contributed by atoms with Crippen LogP contribution in [0.25, 0.3) is 0 Å². The van der Waals surface area contributed by atoms with Crippen LogP contribution in [0.4, 0.5) is 0 Å². The summed E-state index contributed by atoms with van der Waals surface area (Å²) in [4.78, 5) is 12.1. The van der Waals surface area contributed by atoms with E-state index in [1.54, 1.807) is 14.0 Å². The zero-order chi connectivity index (χ0) is 13.5. The van der Waals surface area contributed by atoms with Crippen LogP contribution < -0.4 is 11.1 Å².